The van der Waals surface area contributed by atoms with Crippen LogP contribution in [0.15, 0.2) is 60.7 Å². The second kappa shape index (κ2) is 8.30. The molecule has 0 amide bonds. The summed E-state index contributed by atoms with van der Waals surface area (Å²) in [5.41, 5.74) is -1.59. The van der Waals surface area contributed by atoms with Crippen LogP contribution in [0.4, 0.5) is 30.7 Å². The van der Waals surface area contributed by atoms with E-state index in [0.29, 0.717) is 6.07 Å². The summed E-state index contributed by atoms with van der Waals surface area (Å²) < 4.78 is 108. The smallest absolute Gasteiger partial charge is 0.204 e. The molecule has 0 unspecified atom stereocenters. The minimum absolute atomic E-state index is 0.00905. The van der Waals surface area contributed by atoms with Crippen LogP contribution in [0.3, 0.4) is 0 Å². The molecule has 0 saturated carbocycles. The van der Waals surface area contributed by atoms with Gasteiger partial charge in [-0.3, -0.25) is 0 Å². The lowest BCUT2D eigenvalue weighted by molar-refractivity contribution is 0.334. The molecule has 0 aliphatic heterocycles. The Bertz CT molecular complexity index is 1630. The summed E-state index contributed by atoms with van der Waals surface area (Å²) in [5, 5.41) is -0.210. The van der Waals surface area contributed by atoms with Gasteiger partial charge < -0.3 is 4.74 Å². The molecular formula is C27H13F7O. The largest absolute Gasteiger partial charge is 0.491 e. The van der Waals surface area contributed by atoms with Gasteiger partial charge in [0.25, 0.3) is 0 Å². The van der Waals surface area contributed by atoms with Gasteiger partial charge in [0.05, 0.1) is 12.7 Å². The Morgan fingerprint density at radius 3 is 1.74 bits per heavy atom. The van der Waals surface area contributed by atoms with Gasteiger partial charge in [-0.25, -0.2) is 22.0 Å². The van der Waals surface area contributed by atoms with Crippen molar-refractivity contribution in [1.29, 1.82) is 0 Å². The van der Waals surface area contributed by atoms with Crippen molar-refractivity contribution in [2.24, 2.45) is 0 Å². The van der Waals surface area contributed by atoms with E-state index in [4.69, 9.17) is 0 Å². The summed E-state index contributed by atoms with van der Waals surface area (Å²) in [6, 6.07) is 12.2. The van der Waals surface area contributed by atoms with Crippen molar-refractivity contribution in [3.63, 3.8) is 0 Å². The first-order chi connectivity index (χ1) is 16.8. The summed E-state index contributed by atoms with van der Waals surface area (Å²) in [6.07, 6.45) is 0. The molecule has 5 aromatic rings. The predicted octanol–water partition coefficient (Wildman–Crippen LogP) is 8.31. The van der Waals surface area contributed by atoms with E-state index < -0.39 is 52.0 Å². The maximum atomic E-state index is 15.3. The Morgan fingerprint density at radius 2 is 1.14 bits per heavy atom. The van der Waals surface area contributed by atoms with E-state index in [9.17, 15) is 17.6 Å². The molecule has 0 spiro atoms. The predicted molar refractivity (Wildman–Crippen MR) is 119 cm³/mol. The third-order valence-corrected chi connectivity index (χ3v) is 5.88. The highest BCUT2D eigenvalue weighted by Gasteiger charge is 2.30. The van der Waals surface area contributed by atoms with Gasteiger partial charge in [-0.1, -0.05) is 36.4 Å². The molecule has 0 heterocycles. The first-order valence-electron chi connectivity index (χ1n) is 10.2. The number of ether oxygens (including phenoxy) is 1. The molecule has 35 heavy (non-hydrogen) atoms. The van der Waals surface area contributed by atoms with Gasteiger partial charge in [-0.15, -0.1) is 0 Å². The SMILES string of the molecule is COc1c(F)c(F)c(-c2c3ccccc3c(-c3ccc(F)cc3F)c3c(F)cccc23)c(F)c1F. The van der Waals surface area contributed by atoms with E-state index >= 15 is 13.2 Å². The second-order valence-corrected chi connectivity index (χ2v) is 7.75. The van der Waals surface area contributed by atoms with Crippen LogP contribution in [-0.4, -0.2) is 7.11 Å². The number of hydrogen-bond donors (Lipinski definition) is 0. The molecule has 176 valence electrons. The molecule has 0 radical (unpaired) electrons. The number of hydrogen-bond acceptors (Lipinski definition) is 1. The molecule has 0 aliphatic rings. The molecule has 5 aromatic carbocycles. The van der Waals surface area contributed by atoms with Crippen LogP contribution >= 0.6 is 0 Å². The fraction of sp³-hybridized carbons (Fsp3) is 0.0370. The van der Waals surface area contributed by atoms with Crippen molar-refractivity contribution < 1.29 is 35.5 Å². The molecular weight excluding hydrogens is 473 g/mol. The highest BCUT2D eigenvalue weighted by atomic mass is 19.2. The number of benzene rings is 5. The monoisotopic (exact) mass is 486 g/mol. The summed E-state index contributed by atoms with van der Waals surface area (Å²) >= 11 is 0. The van der Waals surface area contributed by atoms with Crippen molar-refractivity contribution in [3.05, 3.63) is 101 Å². The van der Waals surface area contributed by atoms with Gasteiger partial charge in [0.1, 0.15) is 17.5 Å². The van der Waals surface area contributed by atoms with Crippen molar-refractivity contribution in [2.75, 3.05) is 7.11 Å². The van der Waals surface area contributed by atoms with E-state index in [-0.39, 0.29) is 38.2 Å². The number of fused-ring (bicyclic) bond motifs is 2. The van der Waals surface area contributed by atoms with Crippen LogP contribution in [0.25, 0.3) is 43.8 Å². The molecule has 8 heteroatoms. The molecule has 5 rings (SSSR count). The number of halogens is 7. The molecule has 0 aliphatic carbocycles. The minimum atomic E-state index is -1.76. The van der Waals surface area contributed by atoms with Gasteiger partial charge in [-0.2, -0.15) is 8.78 Å². The minimum Gasteiger partial charge on any atom is -0.491 e. The van der Waals surface area contributed by atoms with Crippen LogP contribution in [0, 0.1) is 40.7 Å². The van der Waals surface area contributed by atoms with Gasteiger partial charge in [0, 0.05) is 28.1 Å². The van der Waals surface area contributed by atoms with Gasteiger partial charge >= 0.3 is 0 Å². The lowest BCUT2D eigenvalue weighted by Gasteiger charge is -2.20. The topological polar surface area (TPSA) is 9.23 Å². The molecule has 0 saturated heterocycles. The average Bonchev–Trinajstić information content (AvgIpc) is 2.84. The van der Waals surface area contributed by atoms with E-state index in [2.05, 4.69) is 4.74 Å². The second-order valence-electron chi connectivity index (χ2n) is 7.75. The third kappa shape index (κ3) is 3.31. The van der Waals surface area contributed by atoms with E-state index in [1.165, 1.54) is 36.4 Å². The Balaban J connectivity index is 2.06. The maximum Gasteiger partial charge on any atom is 0.204 e. The average molecular weight is 486 g/mol. The van der Waals surface area contributed by atoms with Gasteiger partial charge in [-0.05, 0) is 34.4 Å². The number of rotatable bonds is 3. The summed E-state index contributed by atoms with van der Waals surface area (Å²) in [7, 11) is 0.853. The molecule has 0 bridgehead atoms. The summed E-state index contributed by atoms with van der Waals surface area (Å²) in [5.74, 6) is -11.0. The van der Waals surface area contributed by atoms with Crippen LogP contribution < -0.4 is 4.74 Å². The van der Waals surface area contributed by atoms with E-state index in [0.717, 1.165) is 25.3 Å². The zero-order valence-corrected chi connectivity index (χ0v) is 17.8. The first-order valence-corrected chi connectivity index (χ1v) is 10.2. The van der Waals surface area contributed by atoms with Gasteiger partial charge in [0.15, 0.2) is 17.4 Å². The zero-order valence-electron chi connectivity index (χ0n) is 17.8. The Kier molecular flexibility index (Phi) is 5.39. The molecule has 0 atom stereocenters. The van der Waals surface area contributed by atoms with E-state index in [1.807, 2.05) is 0 Å². The van der Waals surface area contributed by atoms with Crippen LogP contribution in [0.2, 0.25) is 0 Å². The van der Waals surface area contributed by atoms with Crippen LogP contribution in [0.5, 0.6) is 5.75 Å². The van der Waals surface area contributed by atoms with Crippen molar-refractivity contribution in [1.82, 2.24) is 0 Å². The van der Waals surface area contributed by atoms with E-state index in [1.54, 1.807) is 0 Å². The van der Waals surface area contributed by atoms with Gasteiger partial charge in [0.2, 0.25) is 11.6 Å². The quantitative estimate of drug-likeness (QED) is 0.142. The highest BCUT2D eigenvalue weighted by molar-refractivity contribution is 6.21. The molecule has 0 fully saturated rings. The Hall–Kier alpha value is -4.07. The summed E-state index contributed by atoms with van der Waals surface area (Å²) in [6.45, 7) is 0. The highest BCUT2D eigenvalue weighted by Crippen LogP contribution is 2.47. The summed E-state index contributed by atoms with van der Waals surface area (Å²) in [4.78, 5) is 0. The molecule has 0 N–H and O–H groups in total. The maximum absolute atomic E-state index is 15.3. The zero-order chi connectivity index (χ0) is 25.0. The lowest BCUT2D eigenvalue weighted by Crippen LogP contribution is -2.05. The van der Waals surface area contributed by atoms with Crippen molar-refractivity contribution in [3.8, 4) is 28.0 Å². The van der Waals surface area contributed by atoms with Crippen molar-refractivity contribution in [2.45, 2.75) is 0 Å². The fourth-order valence-corrected chi connectivity index (χ4v) is 4.44. The Morgan fingerprint density at radius 1 is 0.543 bits per heavy atom. The standard InChI is InChI=1S/C27H13F7O/c1-35-27-25(33)23(31)22(24(32)26(27)34)20-14-6-3-2-5-13(14)19(15-10-9-12(28)11-18(15)30)21-16(20)7-4-8-17(21)29/h2-11H,1H3. The van der Waals surface area contributed by atoms with Crippen molar-refractivity contribution >= 4 is 21.5 Å². The normalized spacial score (nSPS) is 11.4. The molecule has 0 aromatic heterocycles. The first kappa shape index (κ1) is 22.7. The Labute approximate surface area is 194 Å². The van der Waals surface area contributed by atoms with Crippen LogP contribution in [-0.2, 0) is 0 Å². The number of methoxy groups -OCH3 is 1. The lowest BCUT2D eigenvalue weighted by atomic mass is 9.85. The fourth-order valence-electron chi connectivity index (χ4n) is 4.44. The third-order valence-electron chi connectivity index (χ3n) is 5.88. The van der Waals surface area contributed by atoms with Crippen LogP contribution in [0.1, 0.15) is 0 Å². The molecule has 1 nitrogen and oxygen atoms in total.